The summed E-state index contributed by atoms with van der Waals surface area (Å²) in [6.07, 6.45) is 6.86. The number of fused-ring (bicyclic) bond motifs is 1. The van der Waals surface area contributed by atoms with Gasteiger partial charge in [0.15, 0.2) is 0 Å². The van der Waals surface area contributed by atoms with Crippen molar-refractivity contribution >= 4 is 23.6 Å². The highest BCUT2D eigenvalue weighted by atomic mass is 16.4. The van der Waals surface area contributed by atoms with Gasteiger partial charge in [0, 0.05) is 66.5 Å². The number of aliphatic hydroxyl groups is 1. The summed E-state index contributed by atoms with van der Waals surface area (Å²) < 4.78 is 0. The van der Waals surface area contributed by atoms with Gasteiger partial charge in [0.1, 0.15) is 11.5 Å². The summed E-state index contributed by atoms with van der Waals surface area (Å²) in [5, 5.41) is 42.0. The van der Waals surface area contributed by atoms with Crippen LogP contribution in [0.15, 0.2) is 65.7 Å². The lowest BCUT2D eigenvalue weighted by Gasteiger charge is -2.62. The minimum absolute atomic E-state index is 0.0907. The molecule has 2 heterocycles. The molecular weight excluding hydrogens is 608 g/mol. The molecule has 6 N–H and O–H groups in total. The smallest absolute Gasteiger partial charge is 0.344 e. The van der Waals surface area contributed by atoms with Crippen molar-refractivity contribution in [3.05, 3.63) is 93.7 Å². The van der Waals surface area contributed by atoms with E-state index in [1.54, 1.807) is 12.3 Å². The summed E-state index contributed by atoms with van der Waals surface area (Å²) in [7, 11) is 2.00. The number of rotatable bonds is 7. The van der Waals surface area contributed by atoms with E-state index in [2.05, 4.69) is 20.2 Å². The number of piperidine rings is 1. The van der Waals surface area contributed by atoms with Gasteiger partial charge in [0.25, 0.3) is 5.91 Å². The molecule has 246 valence electrons. The minimum Gasteiger partial charge on any atom is -0.507 e. The number of amides is 1. The van der Waals surface area contributed by atoms with Crippen LogP contribution >= 0.6 is 0 Å². The van der Waals surface area contributed by atoms with Crippen LogP contribution in [-0.4, -0.2) is 90.7 Å². The normalized spacial score (nSPS) is 23.2. The van der Waals surface area contributed by atoms with E-state index in [4.69, 9.17) is 10.2 Å². The van der Waals surface area contributed by atoms with Gasteiger partial charge in [-0.1, -0.05) is 30.3 Å². The highest BCUT2D eigenvalue weighted by Crippen LogP contribution is 2.59. The molecule has 0 unspecified atom stereocenters. The van der Waals surface area contributed by atoms with Gasteiger partial charge in [-0.15, -0.1) is 0 Å². The highest BCUT2D eigenvalue weighted by molar-refractivity contribution is 5.98. The zero-order valence-corrected chi connectivity index (χ0v) is 25.7. The third kappa shape index (κ3) is 6.58. The van der Waals surface area contributed by atoms with Gasteiger partial charge in [-0.05, 0) is 62.0 Å². The number of carboxylic acids is 2. The van der Waals surface area contributed by atoms with E-state index in [9.17, 15) is 34.2 Å². The molecule has 1 aromatic heterocycles. The van der Waals surface area contributed by atoms with Crippen LogP contribution in [0.25, 0.3) is 11.1 Å². The van der Waals surface area contributed by atoms with Crippen LogP contribution < -0.4 is 11.0 Å². The minimum atomic E-state index is -1.26. The number of aliphatic carboxylic acids is 2. The number of phenolic OH excluding ortho intramolecular Hbond substituents is 1. The van der Waals surface area contributed by atoms with Gasteiger partial charge in [-0.3, -0.25) is 9.59 Å². The Bertz CT molecular complexity index is 1770. The Morgan fingerprint density at radius 3 is 2.38 bits per heavy atom. The number of nitrogens with zero attached hydrogens (tertiary/aromatic N) is 2. The van der Waals surface area contributed by atoms with Crippen LogP contribution in [0.5, 0.6) is 5.75 Å². The zero-order valence-electron chi connectivity index (χ0n) is 25.7. The number of aromatic amines is 1. The number of phenols is 1. The van der Waals surface area contributed by atoms with Crippen LogP contribution in [0, 0.1) is 0 Å². The number of Topliss-reactive ketones (excluding diaryl/α,β-unsaturated/α-hetero) is 1. The number of benzene rings is 2. The number of H-pyrrole nitrogens is 1. The van der Waals surface area contributed by atoms with Crippen molar-refractivity contribution in [2.24, 2.45) is 0 Å². The number of nitrogens with one attached hydrogen (secondary N) is 2. The second-order valence-electron chi connectivity index (χ2n) is 12.2. The monoisotopic (exact) mass is 644 g/mol. The van der Waals surface area contributed by atoms with E-state index in [-0.39, 0.29) is 35.5 Å². The number of likely N-dealkylation sites (tertiary alicyclic amines) is 1. The van der Waals surface area contributed by atoms with Crippen molar-refractivity contribution in [3.8, 4) is 16.9 Å². The lowest BCUT2D eigenvalue weighted by molar-refractivity contribution is -0.169. The van der Waals surface area contributed by atoms with Crippen molar-refractivity contribution in [2.75, 3.05) is 20.1 Å². The number of carboxylic acid groups (broad SMARTS) is 2. The molecule has 2 bridgehead atoms. The van der Waals surface area contributed by atoms with Gasteiger partial charge in [-0.25, -0.2) is 19.4 Å². The molecule has 1 saturated carbocycles. The molecule has 3 aliphatic rings. The number of hydrogen-bond donors (Lipinski definition) is 6. The number of aromatic nitrogens is 2. The standard InChI is InChI=1S/C30H32N4O5.C4H4O4/c1-34-13-11-29-15-22(35)8-10-30(29,39)24(34)14-20-6-7-23(26(36)25(20)29)27(37)31-12-9-18-2-4-19(5-3-18)21-16-32-28(38)33-17-21;5-3(6)1-2-4(7)8/h2-7,16-17,24,36,39H,8-15H2,1H3,(H,31,37)(H,32,33,38);1-2H,(H,5,6)(H,7,8)/b;2-1-/t24-,29-,30-;/m1./s1. The molecule has 1 saturated heterocycles. The van der Waals surface area contributed by atoms with Gasteiger partial charge < -0.3 is 35.6 Å². The van der Waals surface area contributed by atoms with E-state index in [0.29, 0.717) is 62.9 Å². The number of ketones is 1. The van der Waals surface area contributed by atoms with Gasteiger partial charge in [0.05, 0.1) is 11.2 Å². The summed E-state index contributed by atoms with van der Waals surface area (Å²) in [5.74, 6) is -2.92. The second-order valence-corrected chi connectivity index (χ2v) is 12.2. The van der Waals surface area contributed by atoms with E-state index in [0.717, 1.165) is 22.3 Å². The van der Waals surface area contributed by atoms with E-state index >= 15 is 0 Å². The van der Waals surface area contributed by atoms with Crippen LogP contribution in [-0.2, 0) is 32.6 Å². The summed E-state index contributed by atoms with van der Waals surface area (Å²) in [6.45, 7) is 1.09. The molecule has 6 rings (SSSR count). The van der Waals surface area contributed by atoms with Gasteiger partial charge in [0.2, 0.25) is 0 Å². The lowest BCUT2D eigenvalue weighted by Crippen LogP contribution is -2.72. The maximum atomic E-state index is 13.2. The Morgan fingerprint density at radius 1 is 1.04 bits per heavy atom. The van der Waals surface area contributed by atoms with Crippen molar-refractivity contribution in [1.82, 2.24) is 20.2 Å². The molecule has 3 atom stereocenters. The van der Waals surface area contributed by atoms with Crippen LogP contribution in [0.2, 0.25) is 0 Å². The zero-order chi connectivity index (χ0) is 33.9. The predicted octanol–water partition coefficient (Wildman–Crippen LogP) is 1.81. The molecule has 2 aliphatic carbocycles. The summed E-state index contributed by atoms with van der Waals surface area (Å²) in [5.41, 5.74) is 2.01. The SMILES string of the molecule is CN1CC[C@]23CC(=O)CC[C@@]2(O)[C@H]1Cc1ccc(C(=O)NCCc2ccc(-c4cnc(=O)[nH]c4)cc2)c(O)c13.O=C(O)/C=C\C(=O)O. The fourth-order valence-corrected chi connectivity index (χ4v) is 7.23. The summed E-state index contributed by atoms with van der Waals surface area (Å²) in [4.78, 5) is 64.6. The van der Waals surface area contributed by atoms with E-state index in [1.165, 1.54) is 6.20 Å². The number of aromatic hydroxyl groups is 1. The van der Waals surface area contributed by atoms with E-state index < -0.39 is 28.6 Å². The lowest BCUT2D eigenvalue weighted by atomic mass is 9.49. The van der Waals surface area contributed by atoms with Crippen LogP contribution in [0.1, 0.15) is 52.7 Å². The molecule has 2 aromatic carbocycles. The van der Waals surface area contributed by atoms with Crippen LogP contribution in [0.4, 0.5) is 0 Å². The van der Waals surface area contributed by atoms with Crippen molar-refractivity contribution in [2.45, 2.75) is 55.6 Å². The molecule has 47 heavy (non-hydrogen) atoms. The fourth-order valence-electron chi connectivity index (χ4n) is 7.23. The molecule has 13 heteroatoms. The predicted molar refractivity (Wildman–Crippen MR) is 169 cm³/mol. The molecule has 1 amide bonds. The molecule has 1 aliphatic heterocycles. The average molecular weight is 645 g/mol. The first kappa shape index (κ1) is 33.2. The Hall–Kier alpha value is -5.14. The maximum absolute atomic E-state index is 13.2. The summed E-state index contributed by atoms with van der Waals surface area (Å²) in [6, 6.07) is 11.2. The van der Waals surface area contributed by atoms with Gasteiger partial charge >= 0.3 is 17.6 Å². The Balaban J connectivity index is 0.000000483. The average Bonchev–Trinajstić information content (AvgIpc) is 3.03. The molecule has 13 nitrogen and oxygen atoms in total. The quantitative estimate of drug-likeness (QED) is 0.204. The van der Waals surface area contributed by atoms with Crippen molar-refractivity contribution < 1.29 is 39.6 Å². The Morgan fingerprint density at radius 2 is 1.74 bits per heavy atom. The fraction of sp³-hybridized carbons (Fsp3) is 0.353. The first-order valence-corrected chi connectivity index (χ1v) is 15.2. The third-order valence-electron chi connectivity index (χ3n) is 9.51. The summed E-state index contributed by atoms with van der Waals surface area (Å²) >= 11 is 0. The largest absolute Gasteiger partial charge is 0.507 e. The molecular formula is C34H36N4O9. The van der Waals surface area contributed by atoms with Crippen LogP contribution in [0.3, 0.4) is 0 Å². The number of carbonyl (C=O) groups is 4. The first-order valence-electron chi connectivity index (χ1n) is 15.2. The second kappa shape index (κ2) is 13.3. The molecule has 0 radical (unpaired) electrons. The Kier molecular flexibility index (Phi) is 9.40. The molecule has 3 aromatic rings. The Labute approximate surface area is 269 Å². The first-order chi connectivity index (χ1) is 22.3. The number of hydrogen-bond acceptors (Lipinski definition) is 9. The topological polar surface area (TPSA) is 210 Å². The van der Waals surface area contributed by atoms with Gasteiger partial charge in [-0.2, -0.15) is 0 Å². The van der Waals surface area contributed by atoms with Crippen molar-refractivity contribution in [3.63, 3.8) is 0 Å². The third-order valence-corrected chi connectivity index (χ3v) is 9.51. The number of carbonyl (C=O) groups excluding carboxylic acids is 2. The van der Waals surface area contributed by atoms with Crippen molar-refractivity contribution in [1.29, 1.82) is 0 Å². The number of likely N-dealkylation sites (N-methyl/N-ethyl adjacent to an activating group) is 1. The molecule has 0 spiro atoms. The molecule has 2 fully saturated rings. The van der Waals surface area contributed by atoms with E-state index in [1.807, 2.05) is 37.4 Å². The highest BCUT2D eigenvalue weighted by Gasteiger charge is 2.65. The maximum Gasteiger partial charge on any atom is 0.344 e.